The summed E-state index contributed by atoms with van der Waals surface area (Å²) in [5.41, 5.74) is 2.06. The van der Waals surface area contributed by atoms with Crippen LogP contribution < -0.4 is 10.1 Å². The van der Waals surface area contributed by atoms with E-state index in [-0.39, 0.29) is 21.9 Å². The molecular formula is C27H29N3O8S3. The van der Waals surface area contributed by atoms with Crippen LogP contribution in [0.25, 0.3) is 10.2 Å². The summed E-state index contributed by atoms with van der Waals surface area (Å²) >= 11 is 2.34. The van der Waals surface area contributed by atoms with Crippen LogP contribution in [0, 0.1) is 5.92 Å². The minimum atomic E-state index is -4.20. The molecule has 1 aliphatic carbocycles. The van der Waals surface area contributed by atoms with Gasteiger partial charge >= 0.3 is 11.9 Å². The zero-order chi connectivity index (χ0) is 29.9. The number of thiazole rings is 1. The van der Waals surface area contributed by atoms with Crippen LogP contribution in [0.2, 0.25) is 0 Å². The number of hydrogen-bond donors (Lipinski definition) is 1. The number of carbonyl (C=O) groups excluding carboxylic acids is 4. The van der Waals surface area contributed by atoms with Gasteiger partial charge in [0.15, 0.2) is 14.6 Å². The second-order valence-corrected chi connectivity index (χ2v) is 13.8. The Morgan fingerprint density at radius 3 is 2.56 bits per heavy atom. The van der Waals surface area contributed by atoms with E-state index in [0.717, 1.165) is 34.6 Å². The molecule has 0 radical (unpaired) electrons. The molecule has 1 aliphatic rings. The molecule has 0 spiro atoms. The third-order valence-corrected chi connectivity index (χ3v) is 10.1. The van der Waals surface area contributed by atoms with Crippen molar-refractivity contribution >= 4 is 71.5 Å². The standard InChI is InChI=1S/C27H29N3O8S3/c1-5-10-30-18-9-7-16(25(33)37-3)12-20(18)40-27(30)29-22(32)14-41(35,36)13-21(31)28-24-23(26(34)38-4)17-8-6-15(2)11-19(17)39-24/h5,7,9,12,15H,1,6,8,10-11,13-14H2,2-4H3,(H,28,31). The molecule has 0 fully saturated rings. The maximum Gasteiger partial charge on any atom is 0.341 e. The Labute approximate surface area is 244 Å². The maximum absolute atomic E-state index is 12.8. The summed E-state index contributed by atoms with van der Waals surface area (Å²) in [5, 5.41) is 2.79. The molecule has 1 aromatic carbocycles. The number of ether oxygens (including phenoxy) is 2. The zero-order valence-corrected chi connectivity index (χ0v) is 25.2. The quantitative estimate of drug-likeness (QED) is 0.284. The van der Waals surface area contributed by atoms with Gasteiger partial charge in [0, 0.05) is 11.4 Å². The van der Waals surface area contributed by atoms with Gasteiger partial charge in [-0.2, -0.15) is 4.99 Å². The number of aromatic nitrogens is 1. The largest absolute Gasteiger partial charge is 0.465 e. The predicted molar refractivity (Wildman–Crippen MR) is 156 cm³/mol. The normalized spacial score (nSPS) is 15.3. The third kappa shape index (κ3) is 6.82. The number of esters is 2. The number of anilines is 1. The number of methoxy groups -OCH3 is 2. The smallest absolute Gasteiger partial charge is 0.341 e. The molecule has 1 N–H and O–H groups in total. The van der Waals surface area contributed by atoms with Crippen molar-refractivity contribution in [2.75, 3.05) is 31.0 Å². The summed E-state index contributed by atoms with van der Waals surface area (Å²) in [5.74, 6) is -4.47. The van der Waals surface area contributed by atoms with Gasteiger partial charge in [0.1, 0.15) is 16.5 Å². The van der Waals surface area contributed by atoms with Crippen molar-refractivity contribution in [2.24, 2.45) is 10.9 Å². The van der Waals surface area contributed by atoms with Crippen LogP contribution >= 0.6 is 22.7 Å². The minimum Gasteiger partial charge on any atom is -0.465 e. The van der Waals surface area contributed by atoms with Crippen LogP contribution in [-0.4, -0.2) is 62.5 Å². The minimum absolute atomic E-state index is 0.215. The van der Waals surface area contributed by atoms with Crippen molar-refractivity contribution in [3.63, 3.8) is 0 Å². The summed E-state index contributed by atoms with van der Waals surface area (Å²) in [4.78, 5) is 55.0. The molecule has 0 saturated carbocycles. The molecule has 4 rings (SSSR count). The van der Waals surface area contributed by atoms with Crippen LogP contribution in [-0.2, 0) is 48.3 Å². The van der Waals surface area contributed by atoms with Gasteiger partial charge in [-0.15, -0.1) is 17.9 Å². The topological polar surface area (TPSA) is 150 Å². The molecule has 1 unspecified atom stereocenters. The summed E-state index contributed by atoms with van der Waals surface area (Å²) in [6, 6.07) is 4.85. The van der Waals surface area contributed by atoms with Gasteiger partial charge in [-0.25, -0.2) is 18.0 Å². The molecule has 14 heteroatoms. The van der Waals surface area contributed by atoms with Crippen LogP contribution in [0.5, 0.6) is 0 Å². The summed E-state index contributed by atoms with van der Waals surface area (Å²) < 4.78 is 37.5. The highest BCUT2D eigenvalue weighted by Crippen LogP contribution is 2.40. The maximum atomic E-state index is 12.8. The van der Waals surface area contributed by atoms with Crippen molar-refractivity contribution in [1.29, 1.82) is 0 Å². The first-order chi connectivity index (χ1) is 19.5. The Morgan fingerprint density at radius 2 is 1.88 bits per heavy atom. The molecule has 2 heterocycles. The molecule has 11 nitrogen and oxygen atoms in total. The van der Waals surface area contributed by atoms with Gasteiger partial charge in [-0.1, -0.05) is 24.3 Å². The molecule has 0 aliphatic heterocycles. The highest BCUT2D eigenvalue weighted by molar-refractivity contribution is 7.92. The lowest BCUT2D eigenvalue weighted by Gasteiger charge is -2.18. The molecule has 2 amide bonds. The molecule has 1 atom stereocenters. The lowest BCUT2D eigenvalue weighted by atomic mass is 9.88. The second-order valence-electron chi connectivity index (χ2n) is 9.59. The molecule has 41 heavy (non-hydrogen) atoms. The van der Waals surface area contributed by atoms with E-state index < -0.39 is 45.1 Å². The van der Waals surface area contributed by atoms with Gasteiger partial charge in [-0.3, -0.25) is 9.59 Å². The summed E-state index contributed by atoms with van der Waals surface area (Å²) in [6.45, 7) is 6.09. The van der Waals surface area contributed by atoms with Gasteiger partial charge in [0.25, 0.3) is 5.91 Å². The van der Waals surface area contributed by atoms with Crippen molar-refractivity contribution < 1.29 is 37.1 Å². The Morgan fingerprint density at radius 1 is 1.15 bits per heavy atom. The fourth-order valence-corrected chi connectivity index (χ4v) is 8.13. The Bertz CT molecular complexity index is 1730. The van der Waals surface area contributed by atoms with Crippen molar-refractivity contribution in [1.82, 2.24) is 4.57 Å². The van der Waals surface area contributed by atoms with Crippen LogP contribution in [0.1, 0.15) is 44.5 Å². The molecular weight excluding hydrogens is 591 g/mol. The zero-order valence-electron chi connectivity index (χ0n) is 22.7. The third-order valence-electron chi connectivity index (χ3n) is 6.48. The molecule has 0 saturated heterocycles. The molecule has 218 valence electrons. The number of hydrogen-bond acceptors (Lipinski definition) is 10. The van der Waals surface area contributed by atoms with E-state index in [1.165, 1.54) is 25.6 Å². The monoisotopic (exact) mass is 619 g/mol. The van der Waals surface area contributed by atoms with Crippen molar-refractivity contribution in [3.8, 4) is 0 Å². The van der Waals surface area contributed by atoms with E-state index in [4.69, 9.17) is 9.47 Å². The van der Waals surface area contributed by atoms with E-state index >= 15 is 0 Å². The van der Waals surface area contributed by atoms with Gasteiger partial charge < -0.3 is 19.4 Å². The van der Waals surface area contributed by atoms with E-state index in [2.05, 4.69) is 23.8 Å². The number of nitrogens with zero attached hydrogens (tertiary/aromatic N) is 2. The van der Waals surface area contributed by atoms with E-state index in [1.807, 2.05) is 0 Å². The summed E-state index contributed by atoms with van der Waals surface area (Å²) in [6.07, 6.45) is 3.90. The first-order valence-electron chi connectivity index (χ1n) is 12.6. The lowest BCUT2D eigenvalue weighted by molar-refractivity contribution is -0.115. The van der Waals surface area contributed by atoms with E-state index in [1.54, 1.807) is 28.8 Å². The Hall–Kier alpha value is -3.62. The van der Waals surface area contributed by atoms with Gasteiger partial charge in [0.2, 0.25) is 5.91 Å². The highest BCUT2D eigenvalue weighted by atomic mass is 32.2. The van der Waals surface area contributed by atoms with Crippen molar-refractivity contribution in [3.05, 3.63) is 57.2 Å². The van der Waals surface area contributed by atoms with E-state index in [0.29, 0.717) is 28.1 Å². The number of benzene rings is 1. The van der Waals surface area contributed by atoms with Crippen molar-refractivity contribution in [2.45, 2.75) is 32.7 Å². The number of rotatable bonds is 9. The predicted octanol–water partition coefficient (Wildman–Crippen LogP) is 3.13. The van der Waals surface area contributed by atoms with Gasteiger partial charge in [0.05, 0.1) is 35.6 Å². The highest BCUT2D eigenvalue weighted by Gasteiger charge is 2.30. The average molecular weight is 620 g/mol. The first kappa shape index (κ1) is 30.3. The van der Waals surface area contributed by atoms with Crippen LogP contribution in [0.15, 0.2) is 35.8 Å². The number of fused-ring (bicyclic) bond motifs is 2. The first-order valence-corrected chi connectivity index (χ1v) is 16.0. The van der Waals surface area contributed by atoms with E-state index in [9.17, 15) is 27.6 Å². The number of carbonyl (C=O) groups is 4. The molecule has 0 bridgehead atoms. The lowest BCUT2D eigenvalue weighted by Crippen LogP contribution is -2.28. The Kier molecular flexibility index (Phi) is 9.24. The fraction of sp³-hybridized carbons (Fsp3) is 0.370. The van der Waals surface area contributed by atoms with Crippen LogP contribution in [0.4, 0.5) is 5.00 Å². The second kappa shape index (κ2) is 12.5. The SMILES string of the molecule is C=CCn1c(=NC(=O)CS(=O)(=O)CC(=O)Nc2sc3c(c2C(=O)OC)CCC(C)C3)sc2cc(C(=O)OC)ccc21. The number of sulfone groups is 1. The molecule has 3 aromatic rings. The average Bonchev–Trinajstić information content (AvgIpc) is 3.43. The number of amides is 2. The number of allylic oxidation sites excluding steroid dienone is 1. The summed E-state index contributed by atoms with van der Waals surface area (Å²) in [7, 11) is -1.68. The van der Waals surface area contributed by atoms with Gasteiger partial charge in [-0.05, 0) is 48.9 Å². The Balaban J connectivity index is 1.53. The number of thiophene rings is 1. The molecule has 2 aromatic heterocycles. The van der Waals surface area contributed by atoms with Crippen LogP contribution in [0.3, 0.4) is 0 Å². The fourth-order valence-electron chi connectivity index (χ4n) is 4.61. The number of nitrogens with one attached hydrogen (secondary N) is 1.